The lowest BCUT2D eigenvalue weighted by atomic mass is 10.1. The van der Waals surface area contributed by atoms with Gasteiger partial charge >= 0.3 is 0 Å². The van der Waals surface area contributed by atoms with Crippen LogP contribution in [0.3, 0.4) is 0 Å². The molecule has 1 aliphatic heterocycles. The molecule has 2 nitrogen and oxygen atoms in total. The summed E-state index contributed by atoms with van der Waals surface area (Å²) in [6.45, 7) is 2.07. The molecular formula is C10H10N2. The van der Waals surface area contributed by atoms with Gasteiger partial charge in [0.05, 0.1) is 11.7 Å². The molecule has 0 aromatic rings. The number of hydrogen-bond donors (Lipinski definition) is 0. The molecule has 60 valence electrons. The number of aliphatic imine (C=N–C) groups is 2. The van der Waals surface area contributed by atoms with Crippen molar-refractivity contribution in [2.24, 2.45) is 9.98 Å². The fourth-order valence-electron chi connectivity index (χ4n) is 1.29. The van der Waals surface area contributed by atoms with Gasteiger partial charge < -0.3 is 0 Å². The Labute approximate surface area is 71.7 Å². The van der Waals surface area contributed by atoms with Crippen LogP contribution in [-0.4, -0.2) is 18.5 Å². The molecule has 2 heteroatoms. The molecule has 1 atom stereocenters. The van der Waals surface area contributed by atoms with Gasteiger partial charge in [-0.25, -0.2) is 0 Å². The largest absolute Gasteiger partial charge is 0.280 e. The molecule has 2 aliphatic rings. The first-order valence-electron chi connectivity index (χ1n) is 3.99. The minimum Gasteiger partial charge on any atom is -0.280 e. The van der Waals surface area contributed by atoms with Crippen molar-refractivity contribution in [2.45, 2.75) is 13.0 Å². The van der Waals surface area contributed by atoms with Gasteiger partial charge in [0, 0.05) is 12.4 Å². The van der Waals surface area contributed by atoms with E-state index in [2.05, 4.69) is 23.0 Å². The third-order valence-corrected chi connectivity index (χ3v) is 2.03. The molecule has 12 heavy (non-hydrogen) atoms. The van der Waals surface area contributed by atoms with Crippen LogP contribution < -0.4 is 0 Å². The van der Waals surface area contributed by atoms with Crippen LogP contribution in [0.1, 0.15) is 6.92 Å². The van der Waals surface area contributed by atoms with Crippen molar-refractivity contribution in [2.75, 3.05) is 0 Å². The summed E-state index contributed by atoms with van der Waals surface area (Å²) in [7, 11) is 0. The van der Waals surface area contributed by atoms with Crippen molar-refractivity contribution in [1.29, 1.82) is 0 Å². The molecule has 0 fully saturated rings. The van der Waals surface area contributed by atoms with Crippen LogP contribution in [0.2, 0.25) is 0 Å². The lowest BCUT2D eigenvalue weighted by Gasteiger charge is -2.06. The predicted molar refractivity (Wildman–Crippen MR) is 51.8 cm³/mol. The Hall–Kier alpha value is -1.44. The Balaban J connectivity index is 2.52. The van der Waals surface area contributed by atoms with E-state index < -0.39 is 0 Å². The van der Waals surface area contributed by atoms with E-state index in [0.717, 1.165) is 5.70 Å². The standard InChI is InChI=1S/C10H10N2/c1-8-9-4-2-3-5-10(8)12-7-6-11-9/h2-7,9H,1H3. The summed E-state index contributed by atoms with van der Waals surface area (Å²) in [6.07, 6.45) is 11.6. The molecule has 0 radical (unpaired) electrons. The van der Waals surface area contributed by atoms with Crippen molar-refractivity contribution in [3.8, 4) is 0 Å². The van der Waals surface area contributed by atoms with Crippen LogP contribution in [0.5, 0.6) is 0 Å². The van der Waals surface area contributed by atoms with Crippen LogP contribution >= 0.6 is 0 Å². The van der Waals surface area contributed by atoms with Gasteiger partial charge in [-0.15, -0.1) is 0 Å². The quantitative estimate of drug-likeness (QED) is 0.514. The van der Waals surface area contributed by atoms with Crippen molar-refractivity contribution >= 4 is 12.4 Å². The fourth-order valence-corrected chi connectivity index (χ4v) is 1.29. The summed E-state index contributed by atoms with van der Waals surface area (Å²) < 4.78 is 0. The zero-order chi connectivity index (χ0) is 8.39. The Kier molecular flexibility index (Phi) is 1.74. The Morgan fingerprint density at radius 3 is 3.08 bits per heavy atom. The maximum Gasteiger partial charge on any atom is 0.0914 e. The molecule has 0 saturated carbocycles. The monoisotopic (exact) mass is 158 g/mol. The highest BCUT2D eigenvalue weighted by Crippen LogP contribution is 2.19. The molecule has 0 aromatic heterocycles. The topological polar surface area (TPSA) is 24.7 Å². The summed E-state index contributed by atoms with van der Waals surface area (Å²) >= 11 is 0. The van der Waals surface area contributed by atoms with Crippen molar-refractivity contribution < 1.29 is 0 Å². The van der Waals surface area contributed by atoms with Crippen molar-refractivity contribution in [3.05, 3.63) is 35.6 Å². The zero-order valence-corrected chi connectivity index (χ0v) is 6.94. The van der Waals surface area contributed by atoms with Crippen LogP contribution in [0.4, 0.5) is 0 Å². The number of fused-ring (bicyclic) bond motifs is 1. The van der Waals surface area contributed by atoms with E-state index in [1.807, 2.05) is 18.2 Å². The van der Waals surface area contributed by atoms with Crippen molar-refractivity contribution in [3.63, 3.8) is 0 Å². The lowest BCUT2D eigenvalue weighted by Crippen LogP contribution is -2.01. The molecular weight excluding hydrogens is 148 g/mol. The van der Waals surface area contributed by atoms with E-state index in [9.17, 15) is 0 Å². The summed E-state index contributed by atoms with van der Waals surface area (Å²) in [5.41, 5.74) is 2.24. The third kappa shape index (κ3) is 1.16. The van der Waals surface area contributed by atoms with Crippen LogP contribution in [0.25, 0.3) is 0 Å². The summed E-state index contributed by atoms with van der Waals surface area (Å²) in [6, 6.07) is 0.178. The number of allylic oxidation sites excluding steroid dienone is 3. The normalized spacial score (nSPS) is 25.9. The highest BCUT2D eigenvalue weighted by Gasteiger charge is 2.10. The molecule has 0 N–H and O–H groups in total. The van der Waals surface area contributed by atoms with Crippen LogP contribution in [0, 0.1) is 0 Å². The van der Waals surface area contributed by atoms with Gasteiger partial charge in [-0.05, 0) is 18.6 Å². The van der Waals surface area contributed by atoms with Gasteiger partial charge in [0.25, 0.3) is 0 Å². The maximum absolute atomic E-state index is 4.33. The van der Waals surface area contributed by atoms with Gasteiger partial charge in [-0.1, -0.05) is 18.2 Å². The summed E-state index contributed by atoms with van der Waals surface area (Å²) in [5.74, 6) is 0. The Morgan fingerprint density at radius 1 is 1.25 bits per heavy atom. The predicted octanol–water partition coefficient (Wildman–Crippen LogP) is 1.91. The van der Waals surface area contributed by atoms with Gasteiger partial charge in [0.15, 0.2) is 0 Å². The SMILES string of the molecule is CC1=C2C=CC=CC1N=CC=N2. The van der Waals surface area contributed by atoms with Gasteiger partial charge in [-0.2, -0.15) is 0 Å². The first-order chi connectivity index (χ1) is 5.88. The lowest BCUT2D eigenvalue weighted by molar-refractivity contribution is 0.947. The second-order valence-electron chi connectivity index (χ2n) is 2.83. The van der Waals surface area contributed by atoms with E-state index in [1.54, 1.807) is 12.4 Å². The average Bonchev–Trinajstić information content (AvgIpc) is 2.37. The fraction of sp³-hybridized carbons (Fsp3) is 0.200. The number of hydrogen-bond acceptors (Lipinski definition) is 2. The molecule has 2 rings (SSSR count). The molecule has 0 amide bonds. The highest BCUT2D eigenvalue weighted by molar-refractivity contribution is 6.16. The number of rotatable bonds is 0. The summed E-state index contributed by atoms with van der Waals surface area (Å²) in [4.78, 5) is 8.59. The van der Waals surface area contributed by atoms with E-state index in [0.29, 0.717) is 0 Å². The first kappa shape index (κ1) is 7.22. The van der Waals surface area contributed by atoms with E-state index in [-0.39, 0.29) is 6.04 Å². The summed E-state index contributed by atoms with van der Waals surface area (Å²) in [5, 5.41) is 0. The second-order valence-corrected chi connectivity index (χ2v) is 2.83. The average molecular weight is 158 g/mol. The molecule has 0 saturated heterocycles. The highest BCUT2D eigenvalue weighted by atomic mass is 14.8. The first-order valence-corrected chi connectivity index (χ1v) is 3.99. The molecule has 1 heterocycles. The van der Waals surface area contributed by atoms with Crippen molar-refractivity contribution in [1.82, 2.24) is 0 Å². The molecule has 0 spiro atoms. The van der Waals surface area contributed by atoms with E-state index in [1.165, 1.54) is 5.57 Å². The smallest absolute Gasteiger partial charge is 0.0914 e. The minimum absolute atomic E-state index is 0.178. The molecule has 2 bridgehead atoms. The molecule has 1 unspecified atom stereocenters. The maximum atomic E-state index is 4.33. The molecule has 0 aromatic carbocycles. The van der Waals surface area contributed by atoms with Crippen LogP contribution in [-0.2, 0) is 0 Å². The third-order valence-electron chi connectivity index (χ3n) is 2.03. The number of nitrogens with zero attached hydrogens (tertiary/aromatic N) is 2. The van der Waals surface area contributed by atoms with E-state index >= 15 is 0 Å². The Morgan fingerprint density at radius 2 is 2.17 bits per heavy atom. The second kappa shape index (κ2) is 2.89. The van der Waals surface area contributed by atoms with Gasteiger partial charge in [0.1, 0.15) is 0 Å². The zero-order valence-electron chi connectivity index (χ0n) is 6.94. The molecule has 1 aliphatic carbocycles. The van der Waals surface area contributed by atoms with Gasteiger partial charge in [-0.3, -0.25) is 9.98 Å². The minimum atomic E-state index is 0.178. The van der Waals surface area contributed by atoms with Crippen LogP contribution in [0.15, 0.2) is 45.6 Å². The Bertz CT molecular complexity index is 304. The van der Waals surface area contributed by atoms with E-state index in [4.69, 9.17) is 0 Å². The van der Waals surface area contributed by atoms with Gasteiger partial charge in [0.2, 0.25) is 0 Å².